The molecular weight excluding hydrogens is 443 g/mol. The fourth-order valence-corrected chi connectivity index (χ4v) is 4.01. The minimum atomic E-state index is -4.63. The maximum Gasteiger partial charge on any atom is 0.416 e. The van der Waals surface area contributed by atoms with E-state index in [2.05, 4.69) is 16.0 Å². The van der Waals surface area contributed by atoms with E-state index in [0.29, 0.717) is 10.7 Å². The minimum Gasteiger partial charge on any atom is -0.325 e. The highest BCUT2D eigenvalue weighted by Gasteiger charge is 2.32. The van der Waals surface area contributed by atoms with Crippen molar-refractivity contribution in [3.05, 3.63) is 47.0 Å². The van der Waals surface area contributed by atoms with Gasteiger partial charge in [-0.1, -0.05) is 11.6 Å². The van der Waals surface area contributed by atoms with Gasteiger partial charge in [0.05, 0.1) is 27.9 Å². The van der Waals surface area contributed by atoms with E-state index in [-0.39, 0.29) is 17.8 Å². The van der Waals surface area contributed by atoms with Crippen LogP contribution in [0, 0.1) is 0 Å². The molecular formula is C19H15ClF3N3O3S. The second-order valence-electron chi connectivity index (χ2n) is 6.43. The summed E-state index contributed by atoms with van der Waals surface area (Å²) in [6.07, 6.45) is -4.91. The minimum absolute atomic E-state index is 0.0181. The van der Waals surface area contributed by atoms with E-state index >= 15 is 0 Å². The average Bonchev–Trinajstić information content (AvgIpc) is 2.62. The Hall–Kier alpha value is -2.72. The molecule has 1 heterocycles. The number of thioether (sulfide) groups is 1. The Balaban J connectivity index is 1.77. The molecule has 11 heteroatoms. The van der Waals surface area contributed by atoms with Crippen LogP contribution in [0.5, 0.6) is 0 Å². The first-order valence-corrected chi connectivity index (χ1v) is 9.84. The molecule has 158 valence electrons. The first kappa shape index (κ1) is 22.0. The molecule has 0 aliphatic carbocycles. The van der Waals surface area contributed by atoms with E-state index in [0.717, 1.165) is 34.9 Å². The monoisotopic (exact) mass is 457 g/mol. The van der Waals surface area contributed by atoms with Crippen LogP contribution in [-0.2, 0) is 20.6 Å². The molecule has 0 bridgehead atoms. The van der Waals surface area contributed by atoms with Crippen LogP contribution >= 0.6 is 23.4 Å². The van der Waals surface area contributed by atoms with Crippen LogP contribution in [0.2, 0.25) is 5.02 Å². The summed E-state index contributed by atoms with van der Waals surface area (Å²) in [4.78, 5) is 36.8. The molecule has 0 saturated carbocycles. The van der Waals surface area contributed by atoms with Gasteiger partial charge in [-0.25, -0.2) is 0 Å². The van der Waals surface area contributed by atoms with Gasteiger partial charge in [0, 0.05) is 23.3 Å². The van der Waals surface area contributed by atoms with Gasteiger partial charge >= 0.3 is 6.18 Å². The summed E-state index contributed by atoms with van der Waals surface area (Å²) >= 11 is 7.05. The second kappa shape index (κ2) is 8.57. The summed E-state index contributed by atoms with van der Waals surface area (Å²) in [5, 5.41) is 7.05. The number of hydrogen-bond acceptors (Lipinski definition) is 4. The van der Waals surface area contributed by atoms with Crippen LogP contribution < -0.4 is 16.0 Å². The zero-order valence-electron chi connectivity index (χ0n) is 15.4. The fourth-order valence-electron chi connectivity index (χ4n) is 2.75. The number of carbonyl (C=O) groups is 3. The Labute approximate surface area is 178 Å². The number of carbonyl (C=O) groups excluding carboxylic acids is 3. The molecule has 2 aromatic rings. The molecule has 0 fully saturated rings. The van der Waals surface area contributed by atoms with Crippen molar-refractivity contribution >= 4 is 58.1 Å². The summed E-state index contributed by atoms with van der Waals surface area (Å²) in [5.41, 5.74) is -0.648. The van der Waals surface area contributed by atoms with Crippen LogP contribution in [0.15, 0.2) is 41.3 Å². The lowest BCUT2D eigenvalue weighted by Crippen LogP contribution is -2.32. The molecule has 0 aromatic heterocycles. The number of alkyl halides is 3. The number of hydrogen-bond donors (Lipinski definition) is 3. The molecule has 30 heavy (non-hydrogen) atoms. The molecule has 6 nitrogen and oxygen atoms in total. The highest BCUT2D eigenvalue weighted by molar-refractivity contribution is 8.01. The van der Waals surface area contributed by atoms with Gasteiger partial charge in [-0.2, -0.15) is 13.2 Å². The lowest BCUT2D eigenvalue weighted by molar-refractivity contribution is -0.137. The molecule has 0 saturated heterocycles. The van der Waals surface area contributed by atoms with Crippen molar-refractivity contribution in [3.8, 4) is 0 Å². The molecule has 3 rings (SSSR count). The molecule has 1 aliphatic heterocycles. The summed E-state index contributed by atoms with van der Waals surface area (Å²) < 4.78 is 39.1. The van der Waals surface area contributed by atoms with Gasteiger partial charge in [0.15, 0.2) is 0 Å². The molecule has 0 spiro atoms. The van der Waals surface area contributed by atoms with Crippen molar-refractivity contribution in [2.24, 2.45) is 0 Å². The van der Waals surface area contributed by atoms with E-state index < -0.39 is 34.7 Å². The third-order valence-corrected chi connectivity index (χ3v) is 5.57. The van der Waals surface area contributed by atoms with Gasteiger partial charge in [0.1, 0.15) is 0 Å². The molecule has 3 N–H and O–H groups in total. The van der Waals surface area contributed by atoms with E-state index in [4.69, 9.17) is 11.6 Å². The van der Waals surface area contributed by atoms with Crippen LogP contribution in [0.3, 0.4) is 0 Å². The number of anilines is 3. The van der Waals surface area contributed by atoms with Gasteiger partial charge < -0.3 is 16.0 Å². The molecule has 0 radical (unpaired) electrons. The van der Waals surface area contributed by atoms with Crippen molar-refractivity contribution in [1.29, 1.82) is 0 Å². The largest absolute Gasteiger partial charge is 0.416 e. The van der Waals surface area contributed by atoms with Crippen molar-refractivity contribution in [1.82, 2.24) is 0 Å². The smallest absolute Gasteiger partial charge is 0.325 e. The van der Waals surface area contributed by atoms with E-state index in [1.807, 2.05) is 0 Å². The molecule has 1 aliphatic rings. The topological polar surface area (TPSA) is 87.3 Å². The number of halogens is 4. The van der Waals surface area contributed by atoms with E-state index in [9.17, 15) is 27.6 Å². The lowest BCUT2D eigenvalue weighted by Gasteiger charge is -2.24. The Kier molecular flexibility index (Phi) is 6.27. The van der Waals surface area contributed by atoms with Gasteiger partial charge in [-0.15, -0.1) is 11.8 Å². The Bertz CT molecular complexity index is 1030. The summed E-state index contributed by atoms with van der Waals surface area (Å²) in [5.74, 6) is -1.61. The zero-order chi connectivity index (χ0) is 22.1. The average molecular weight is 458 g/mol. The van der Waals surface area contributed by atoms with Crippen LogP contribution in [0.25, 0.3) is 0 Å². The number of amides is 3. The highest BCUT2D eigenvalue weighted by atomic mass is 35.5. The van der Waals surface area contributed by atoms with Crippen molar-refractivity contribution in [2.45, 2.75) is 29.7 Å². The Morgan fingerprint density at radius 3 is 2.53 bits per heavy atom. The molecule has 1 atom stereocenters. The number of nitrogens with one attached hydrogen (secondary N) is 3. The second-order valence-corrected chi connectivity index (χ2v) is 8.11. The SMILES string of the molecule is CC(=O)Nc1ccc(C(F)(F)F)cc1NC(=O)CC1Sc2ccc(Cl)cc2NC1=O. The summed E-state index contributed by atoms with van der Waals surface area (Å²) in [6, 6.07) is 7.52. The van der Waals surface area contributed by atoms with Crippen molar-refractivity contribution in [3.63, 3.8) is 0 Å². The summed E-state index contributed by atoms with van der Waals surface area (Å²) in [6.45, 7) is 1.19. The van der Waals surface area contributed by atoms with E-state index in [1.165, 1.54) is 6.92 Å². The van der Waals surface area contributed by atoms with Crippen molar-refractivity contribution in [2.75, 3.05) is 16.0 Å². The maximum atomic E-state index is 13.0. The standard InChI is InChI=1S/C19H15ClF3N3O3S/c1-9(27)24-12-4-2-10(19(21,22)23)6-13(12)25-17(28)8-16-18(29)26-14-7-11(20)3-5-15(14)30-16/h2-7,16H,8H2,1H3,(H,24,27)(H,25,28)(H,26,29). The van der Waals surface area contributed by atoms with E-state index in [1.54, 1.807) is 18.2 Å². The van der Waals surface area contributed by atoms with Crippen LogP contribution in [0.1, 0.15) is 18.9 Å². The normalized spacial score (nSPS) is 15.8. The number of benzene rings is 2. The highest BCUT2D eigenvalue weighted by Crippen LogP contribution is 2.39. The van der Waals surface area contributed by atoms with Gasteiger partial charge in [-0.3, -0.25) is 14.4 Å². The maximum absolute atomic E-state index is 13.0. The predicted molar refractivity (Wildman–Crippen MR) is 109 cm³/mol. The zero-order valence-corrected chi connectivity index (χ0v) is 17.0. The molecule has 2 aromatic carbocycles. The number of rotatable bonds is 4. The quantitative estimate of drug-likeness (QED) is 0.617. The first-order valence-electron chi connectivity index (χ1n) is 8.58. The van der Waals surface area contributed by atoms with Gasteiger partial charge in [0.25, 0.3) is 0 Å². The lowest BCUT2D eigenvalue weighted by atomic mass is 10.1. The predicted octanol–water partition coefficient (Wildman–Crippen LogP) is 4.76. The third kappa shape index (κ3) is 5.25. The van der Waals surface area contributed by atoms with Crippen LogP contribution in [0.4, 0.5) is 30.2 Å². The number of fused-ring (bicyclic) bond motifs is 1. The van der Waals surface area contributed by atoms with Gasteiger partial charge in [-0.05, 0) is 36.4 Å². The Morgan fingerprint density at radius 2 is 1.87 bits per heavy atom. The van der Waals surface area contributed by atoms with Gasteiger partial charge in [0.2, 0.25) is 17.7 Å². The molecule has 1 unspecified atom stereocenters. The Morgan fingerprint density at radius 1 is 1.13 bits per heavy atom. The third-order valence-electron chi connectivity index (χ3n) is 4.06. The van der Waals surface area contributed by atoms with Crippen molar-refractivity contribution < 1.29 is 27.6 Å². The summed E-state index contributed by atoms with van der Waals surface area (Å²) in [7, 11) is 0. The molecule has 3 amide bonds. The van der Waals surface area contributed by atoms with Crippen LogP contribution in [-0.4, -0.2) is 23.0 Å². The first-order chi connectivity index (χ1) is 14.0. The fraction of sp³-hybridized carbons (Fsp3) is 0.211.